The van der Waals surface area contributed by atoms with Gasteiger partial charge >= 0.3 is 0 Å². The Labute approximate surface area is 273 Å². The molecule has 0 aromatic carbocycles. The van der Waals surface area contributed by atoms with Gasteiger partial charge in [-0.25, -0.2) is 14.6 Å². The molecule has 2 aliphatic carbocycles. The van der Waals surface area contributed by atoms with E-state index in [4.69, 9.17) is 30.5 Å². The van der Waals surface area contributed by atoms with Gasteiger partial charge in [-0.05, 0) is 97.2 Å². The second kappa shape index (κ2) is 11.1. The summed E-state index contributed by atoms with van der Waals surface area (Å²) in [5, 5.41) is 31.0. The molecule has 0 bridgehead atoms. The monoisotopic (exact) mass is 636 g/mol. The van der Waals surface area contributed by atoms with E-state index in [0.717, 1.165) is 105 Å². The Balaban J connectivity index is 1.29. The van der Waals surface area contributed by atoms with Gasteiger partial charge in [0, 0.05) is 35.0 Å². The quantitative estimate of drug-likeness (QED) is 0.294. The lowest BCUT2D eigenvalue weighted by atomic mass is 9.63. The first kappa shape index (κ1) is 29.4. The van der Waals surface area contributed by atoms with Crippen LogP contribution in [0.4, 0.5) is 10.8 Å². The highest BCUT2D eigenvalue weighted by molar-refractivity contribution is 7.16. The van der Waals surface area contributed by atoms with E-state index in [2.05, 4.69) is 47.5 Å². The molecule has 4 aliphatic rings. The third kappa shape index (κ3) is 4.30. The molecule has 0 amide bonds. The van der Waals surface area contributed by atoms with Crippen LogP contribution in [0.5, 0.6) is 0 Å². The van der Waals surface area contributed by atoms with E-state index in [-0.39, 0.29) is 18.0 Å². The number of nitrogens with two attached hydrogens (primary N) is 1. The molecular formula is C34H40N10OS. The van der Waals surface area contributed by atoms with Crippen molar-refractivity contribution in [3.8, 4) is 23.7 Å². The smallest absolute Gasteiger partial charge is 0.186 e. The van der Waals surface area contributed by atoms with Crippen LogP contribution in [0, 0.1) is 28.6 Å². The van der Waals surface area contributed by atoms with Crippen LogP contribution in [0.25, 0.3) is 22.6 Å². The van der Waals surface area contributed by atoms with Crippen LogP contribution in [-0.4, -0.2) is 62.0 Å². The summed E-state index contributed by atoms with van der Waals surface area (Å²) in [4.78, 5) is 16.4. The fourth-order valence-electron chi connectivity index (χ4n) is 9.06. The lowest BCUT2D eigenvalue weighted by Crippen LogP contribution is -2.41. The summed E-state index contributed by atoms with van der Waals surface area (Å²) in [6.45, 7) is 6.25. The van der Waals surface area contributed by atoms with Crippen molar-refractivity contribution in [1.29, 1.82) is 10.5 Å². The van der Waals surface area contributed by atoms with Crippen LogP contribution in [0.3, 0.4) is 0 Å². The van der Waals surface area contributed by atoms with Gasteiger partial charge in [-0.2, -0.15) is 15.6 Å². The predicted molar refractivity (Wildman–Crippen MR) is 176 cm³/mol. The van der Waals surface area contributed by atoms with E-state index in [1.807, 2.05) is 6.20 Å². The Morgan fingerprint density at radius 1 is 1.13 bits per heavy atom. The third-order valence-corrected chi connectivity index (χ3v) is 12.4. The molecule has 4 aromatic heterocycles. The van der Waals surface area contributed by atoms with E-state index >= 15 is 0 Å². The number of nitrogens with zero attached hydrogens (tertiary/aromatic N) is 9. The normalized spacial score (nSPS) is 27.0. The molecule has 8 rings (SSSR count). The molecule has 0 unspecified atom stereocenters. The summed E-state index contributed by atoms with van der Waals surface area (Å²) < 4.78 is 8.43. The number of nitrogen functional groups attached to an aromatic ring is 1. The molecule has 12 heteroatoms. The lowest BCUT2D eigenvalue weighted by molar-refractivity contribution is 0.232. The zero-order valence-electron chi connectivity index (χ0n) is 26.8. The third-order valence-electron chi connectivity index (χ3n) is 11.4. The first-order chi connectivity index (χ1) is 22.3. The average Bonchev–Trinajstić information content (AvgIpc) is 3.85. The maximum absolute atomic E-state index is 10.1. The second-order valence-electron chi connectivity index (χ2n) is 13.9. The fraction of sp³-hybridized carbons (Fsp3) is 0.588. The van der Waals surface area contributed by atoms with Gasteiger partial charge in [0.1, 0.15) is 16.9 Å². The average molecular weight is 637 g/mol. The Kier molecular flexibility index (Phi) is 7.07. The summed E-state index contributed by atoms with van der Waals surface area (Å²) in [6.07, 6.45) is 11.4. The summed E-state index contributed by atoms with van der Waals surface area (Å²) in [7, 11) is 2.19. The maximum Gasteiger partial charge on any atom is 0.186 e. The van der Waals surface area contributed by atoms with Crippen molar-refractivity contribution in [3.05, 3.63) is 33.5 Å². The van der Waals surface area contributed by atoms with Gasteiger partial charge in [0.25, 0.3) is 0 Å². The van der Waals surface area contributed by atoms with Crippen molar-refractivity contribution >= 4 is 33.2 Å². The molecule has 46 heavy (non-hydrogen) atoms. The predicted octanol–water partition coefficient (Wildman–Crippen LogP) is 5.74. The first-order valence-corrected chi connectivity index (χ1v) is 17.6. The minimum atomic E-state index is -0.407. The topological polar surface area (TPSA) is 150 Å². The first-order valence-electron chi connectivity index (χ1n) is 16.8. The zero-order valence-corrected chi connectivity index (χ0v) is 27.6. The van der Waals surface area contributed by atoms with Crippen molar-refractivity contribution < 1.29 is 4.52 Å². The molecule has 2 fully saturated rings. The molecule has 5 atom stereocenters. The number of hydrogen-bond acceptors (Lipinski definition) is 11. The van der Waals surface area contributed by atoms with Gasteiger partial charge in [0.05, 0.1) is 34.7 Å². The molecule has 238 valence electrons. The lowest BCUT2D eigenvalue weighted by Gasteiger charge is -2.39. The highest BCUT2D eigenvalue weighted by Crippen LogP contribution is 2.55. The van der Waals surface area contributed by atoms with Gasteiger partial charge in [-0.1, -0.05) is 5.16 Å². The van der Waals surface area contributed by atoms with Gasteiger partial charge in [0.15, 0.2) is 22.9 Å². The number of fused-ring (bicyclic) bond motifs is 5. The van der Waals surface area contributed by atoms with E-state index < -0.39 is 5.41 Å². The number of piperidine rings is 1. The molecule has 2 N–H and O–H groups in total. The fourth-order valence-corrected chi connectivity index (χ4v) is 10.2. The SMILES string of the molecule is C[C@@H]1C[C@H](C#N)CCN1c1nc(-c2noc3c2CCC[C@@]32CCCc3sc(N)c(C#N)c32)nc2c1cnn2[C@@H](C)[C@@H]1CCCN1C. The Morgan fingerprint density at radius 3 is 2.70 bits per heavy atom. The Bertz CT molecular complexity index is 1910. The number of likely N-dealkylation sites (tertiary alicyclic amines) is 1. The minimum Gasteiger partial charge on any atom is -0.389 e. The van der Waals surface area contributed by atoms with E-state index in [1.165, 1.54) is 11.3 Å². The molecular weight excluding hydrogens is 597 g/mol. The van der Waals surface area contributed by atoms with Crippen LogP contribution in [0.2, 0.25) is 0 Å². The molecule has 6 heterocycles. The van der Waals surface area contributed by atoms with Crippen LogP contribution in [0.15, 0.2) is 10.7 Å². The summed E-state index contributed by atoms with van der Waals surface area (Å²) >= 11 is 1.55. The van der Waals surface area contributed by atoms with Gasteiger partial charge in [-0.15, -0.1) is 11.3 Å². The van der Waals surface area contributed by atoms with E-state index in [1.54, 1.807) is 11.3 Å². The van der Waals surface area contributed by atoms with Crippen molar-refractivity contribution in [1.82, 2.24) is 29.8 Å². The minimum absolute atomic E-state index is 0.0484. The Hall–Kier alpha value is -4.00. The highest BCUT2D eigenvalue weighted by Gasteiger charge is 2.49. The molecule has 2 aliphatic heterocycles. The van der Waals surface area contributed by atoms with E-state index in [9.17, 15) is 10.5 Å². The van der Waals surface area contributed by atoms with Gasteiger partial charge in [0.2, 0.25) is 0 Å². The largest absolute Gasteiger partial charge is 0.389 e. The van der Waals surface area contributed by atoms with Crippen LogP contribution in [0.1, 0.15) is 98.6 Å². The molecule has 11 nitrogen and oxygen atoms in total. The number of hydrogen-bond donors (Lipinski definition) is 1. The standard InChI is InChI=1S/C34H40N10OS/c1-19-15-21(16-35)10-14-43(19)32-24-18-38-44(20(2)25-8-6-13-42(25)3)33(24)40-31(39-32)28-22-7-4-11-34(29(22)45-41-28)12-5-9-26-27(34)23(17-36)30(37)46-26/h18-21,25H,4-15,37H2,1-3H3/t19-,20+,21-,25+,34+/m1/s1. The highest BCUT2D eigenvalue weighted by atomic mass is 32.1. The van der Waals surface area contributed by atoms with E-state index in [0.29, 0.717) is 28.1 Å². The molecule has 0 saturated carbocycles. The summed E-state index contributed by atoms with van der Waals surface area (Å²) in [5.74, 6) is 2.30. The zero-order chi connectivity index (χ0) is 31.7. The number of thiophene rings is 1. The van der Waals surface area contributed by atoms with Crippen molar-refractivity contribution in [2.75, 3.05) is 30.8 Å². The van der Waals surface area contributed by atoms with Crippen molar-refractivity contribution in [2.45, 2.75) is 102 Å². The number of likely N-dealkylation sites (N-methyl/N-ethyl adjacent to an activating group) is 1. The number of rotatable bonds is 4. The van der Waals surface area contributed by atoms with Crippen LogP contribution >= 0.6 is 11.3 Å². The Morgan fingerprint density at radius 2 is 1.96 bits per heavy atom. The summed E-state index contributed by atoms with van der Waals surface area (Å²) in [6, 6.07) is 5.56. The van der Waals surface area contributed by atoms with Crippen molar-refractivity contribution in [2.24, 2.45) is 5.92 Å². The molecule has 2 saturated heterocycles. The second-order valence-corrected chi connectivity index (χ2v) is 15.0. The number of nitriles is 2. The van der Waals surface area contributed by atoms with Gasteiger partial charge in [-0.3, -0.25) is 0 Å². The summed E-state index contributed by atoms with van der Waals surface area (Å²) in [5.41, 5.74) is 10.2. The number of anilines is 2. The number of aryl methyl sites for hydroxylation is 1. The van der Waals surface area contributed by atoms with Crippen LogP contribution in [-0.2, 0) is 18.3 Å². The molecule has 0 radical (unpaired) electrons. The molecule has 1 spiro atoms. The maximum atomic E-state index is 10.1. The van der Waals surface area contributed by atoms with Crippen LogP contribution < -0.4 is 10.6 Å². The molecule has 4 aromatic rings. The van der Waals surface area contributed by atoms with Gasteiger partial charge < -0.3 is 20.1 Å². The number of aromatic nitrogens is 5. The van der Waals surface area contributed by atoms with Crippen molar-refractivity contribution in [3.63, 3.8) is 0 Å².